The lowest BCUT2D eigenvalue weighted by molar-refractivity contribution is 0.0827. The van der Waals surface area contributed by atoms with Crippen molar-refractivity contribution in [2.24, 2.45) is 0 Å². The smallest absolute Gasteiger partial charge is 0.253 e. The largest absolute Gasteiger partial charge is 0.345 e. The molecule has 1 aromatic carbocycles. The highest BCUT2D eigenvalue weighted by atomic mass is 16.2. The Kier molecular flexibility index (Phi) is 5.11. The summed E-state index contributed by atoms with van der Waals surface area (Å²) < 4.78 is 1.92. The maximum atomic E-state index is 11.9. The molecule has 5 nitrogen and oxygen atoms in total. The number of aryl methyl sites for hydroxylation is 1. The SMILES string of the molecule is Cc1cnn(CCNCc2cccc(C(=O)N(C)C)c2)c1. The van der Waals surface area contributed by atoms with Gasteiger partial charge in [-0.1, -0.05) is 12.1 Å². The number of hydrogen-bond donors (Lipinski definition) is 1. The lowest BCUT2D eigenvalue weighted by Gasteiger charge is -2.11. The summed E-state index contributed by atoms with van der Waals surface area (Å²) in [6.07, 6.45) is 3.88. The van der Waals surface area contributed by atoms with E-state index in [9.17, 15) is 4.79 Å². The second-order valence-electron chi connectivity index (χ2n) is 5.36. The summed E-state index contributed by atoms with van der Waals surface area (Å²) in [6, 6.07) is 7.73. The van der Waals surface area contributed by atoms with Gasteiger partial charge in [-0.25, -0.2) is 0 Å². The van der Waals surface area contributed by atoms with E-state index in [0.29, 0.717) is 0 Å². The number of amides is 1. The molecule has 0 aliphatic heterocycles. The molecule has 0 atom stereocenters. The van der Waals surface area contributed by atoms with Crippen molar-refractivity contribution in [3.63, 3.8) is 0 Å². The molecule has 0 bridgehead atoms. The number of rotatable bonds is 6. The molecule has 0 saturated heterocycles. The van der Waals surface area contributed by atoms with E-state index < -0.39 is 0 Å². The molecular weight excluding hydrogens is 264 g/mol. The van der Waals surface area contributed by atoms with Gasteiger partial charge in [-0.15, -0.1) is 0 Å². The Hall–Kier alpha value is -2.14. The van der Waals surface area contributed by atoms with Gasteiger partial charge < -0.3 is 10.2 Å². The molecule has 2 aromatic rings. The van der Waals surface area contributed by atoms with Crippen LogP contribution >= 0.6 is 0 Å². The monoisotopic (exact) mass is 286 g/mol. The van der Waals surface area contributed by atoms with E-state index in [1.54, 1.807) is 19.0 Å². The maximum absolute atomic E-state index is 11.9. The molecule has 0 fully saturated rings. The van der Waals surface area contributed by atoms with Gasteiger partial charge in [0.15, 0.2) is 0 Å². The first-order chi connectivity index (χ1) is 10.1. The van der Waals surface area contributed by atoms with E-state index in [4.69, 9.17) is 0 Å². The fourth-order valence-electron chi connectivity index (χ4n) is 2.09. The Morgan fingerprint density at radius 2 is 2.19 bits per heavy atom. The van der Waals surface area contributed by atoms with E-state index in [2.05, 4.69) is 10.4 Å². The van der Waals surface area contributed by atoms with Gasteiger partial charge in [-0.2, -0.15) is 5.10 Å². The molecule has 0 aliphatic carbocycles. The lowest BCUT2D eigenvalue weighted by Crippen LogP contribution is -2.22. The molecule has 0 aliphatic rings. The number of nitrogens with one attached hydrogen (secondary N) is 1. The molecule has 112 valence electrons. The molecule has 1 heterocycles. The molecule has 0 spiro atoms. The fourth-order valence-corrected chi connectivity index (χ4v) is 2.09. The third-order valence-corrected chi connectivity index (χ3v) is 3.19. The summed E-state index contributed by atoms with van der Waals surface area (Å²) in [5.41, 5.74) is 3.01. The van der Waals surface area contributed by atoms with Crippen LogP contribution in [0, 0.1) is 6.92 Å². The summed E-state index contributed by atoms with van der Waals surface area (Å²) in [5.74, 6) is 0.0314. The molecule has 2 rings (SSSR count). The third-order valence-electron chi connectivity index (χ3n) is 3.19. The first kappa shape index (κ1) is 15.3. The third kappa shape index (κ3) is 4.43. The van der Waals surface area contributed by atoms with Crippen molar-refractivity contribution in [2.75, 3.05) is 20.6 Å². The normalized spacial score (nSPS) is 10.6. The molecule has 0 radical (unpaired) electrons. The molecule has 1 aromatic heterocycles. The molecule has 1 amide bonds. The van der Waals surface area contributed by atoms with Crippen LogP contribution in [-0.2, 0) is 13.1 Å². The summed E-state index contributed by atoms with van der Waals surface area (Å²) in [4.78, 5) is 13.5. The highest BCUT2D eigenvalue weighted by molar-refractivity contribution is 5.94. The van der Waals surface area contributed by atoms with Crippen molar-refractivity contribution in [3.8, 4) is 0 Å². The maximum Gasteiger partial charge on any atom is 0.253 e. The average Bonchev–Trinajstić information content (AvgIpc) is 2.88. The Morgan fingerprint density at radius 3 is 2.86 bits per heavy atom. The predicted molar refractivity (Wildman–Crippen MR) is 83.1 cm³/mol. The Bertz CT molecular complexity index is 604. The van der Waals surface area contributed by atoms with Crippen LogP contribution in [0.25, 0.3) is 0 Å². The minimum Gasteiger partial charge on any atom is -0.345 e. The molecule has 5 heteroatoms. The van der Waals surface area contributed by atoms with Gasteiger partial charge >= 0.3 is 0 Å². The first-order valence-corrected chi connectivity index (χ1v) is 7.06. The van der Waals surface area contributed by atoms with Gasteiger partial charge in [0, 0.05) is 38.9 Å². The average molecular weight is 286 g/mol. The number of nitrogens with zero attached hydrogens (tertiary/aromatic N) is 3. The van der Waals surface area contributed by atoms with Crippen LogP contribution in [0.3, 0.4) is 0 Å². The minimum atomic E-state index is 0.0314. The quantitative estimate of drug-likeness (QED) is 0.822. The van der Waals surface area contributed by atoms with E-state index in [1.807, 2.05) is 48.3 Å². The van der Waals surface area contributed by atoms with Crippen molar-refractivity contribution in [2.45, 2.75) is 20.0 Å². The number of aromatic nitrogens is 2. The molecular formula is C16H22N4O. The van der Waals surface area contributed by atoms with Crippen molar-refractivity contribution < 1.29 is 4.79 Å². The van der Waals surface area contributed by atoms with Crippen LogP contribution in [0.15, 0.2) is 36.7 Å². The van der Waals surface area contributed by atoms with E-state index >= 15 is 0 Å². The van der Waals surface area contributed by atoms with E-state index in [0.717, 1.165) is 30.8 Å². The van der Waals surface area contributed by atoms with Gasteiger partial charge in [0.2, 0.25) is 0 Å². The second-order valence-corrected chi connectivity index (χ2v) is 5.36. The Morgan fingerprint density at radius 1 is 1.38 bits per heavy atom. The number of carbonyl (C=O) groups excluding carboxylic acids is 1. The van der Waals surface area contributed by atoms with Gasteiger partial charge in [-0.05, 0) is 30.2 Å². The molecule has 21 heavy (non-hydrogen) atoms. The zero-order valence-electron chi connectivity index (χ0n) is 12.8. The van der Waals surface area contributed by atoms with Crippen LogP contribution in [0.1, 0.15) is 21.5 Å². The topological polar surface area (TPSA) is 50.2 Å². The van der Waals surface area contributed by atoms with Gasteiger partial charge in [0.1, 0.15) is 0 Å². The zero-order chi connectivity index (χ0) is 15.2. The van der Waals surface area contributed by atoms with E-state index in [1.165, 1.54) is 5.56 Å². The van der Waals surface area contributed by atoms with Crippen LogP contribution in [0.2, 0.25) is 0 Å². The van der Waals surface area contributed by atoms with Crippen LogP contribution < -0.4 is 5.32 Å². The summed E-state index contributed by atoms with van der Waals surface area (Å²) >= 11 is 0. The number of carbonyl (C=O) groups is 1. The Balaban J connectivity index is 1.83. The Labute approximate surface area is 125 Å². The zero-order valence-corrected chi connectivity index (χ0v) is 12.8. The summed E-state index contributed by atoms with van der Waals surface area (Å²) in [5, 5.41) is 7.61. The van der Waals surface area contributed by atoms with Gasteiger partial charge in [0.25, 0.3) is 5.91 Å². The van der Waals surface area contributed by atoms with Crippen molar-refractivity contribution in [3.05, 3.63) is 53.3 Å². The predicted octanol–water partition coefficient (Wildman–Crippen LogP) is 1.68. The van der Waals surface area contributed by atoms with Gasteiger partial charge in [0.05, 0.1) is 12.7 Å². The van der Waals surface area contributed by atoms with Crippen LogP contribution in [0.5, 0.6) is 0 Å². The minimum absolute atomic E-state index is 0.0314. The standard InChI is InChI=1S/C16H22N4O/c1-13-10-18-20(12-13)8-7-17-11-14-5-4-6-15(9-14)16(21)19(2)3/h4-6,9-10,12,17H,7-8,11H2,1-3H3. The highest BCUT2D eigenvalue weighted by Gasteiger charge is 2.07. The van der Waals surface area contributed by atoms with Crippen LogP contribution in [-0.4, -0.2) is 41.2 Å². The van der Waals surface area contributed by atoms with Crippen molar-refractivity contribution >= 4 is 5.91 Å². The second kappa shape index (κ2) is 7.04. The highest BCUT2D eigenvalue weighted by Crippen LogP contribution is 2.07. The number of hydrogen-bond acceptors (Lipinski definition) is 3. The van der Waals surface area contributed by atoms with Crippen molar-refractivity contribution in [1.82, 2.24) is 20.0 Å². The first-order valence-electron chi connectivity index (χ1n) is 7.06. The van der Waals surface area contributed by atoms with Gasteiger partial charge in [-0.3, -0.25) is 9.48 Å². The molecule has 0 unspecified atom stereocenters. The lowest BCUT2D eigenvalue weighted by atomic mass is 10.1. The summed E-state index contributed by atoms with van der Waals surface area (Å²) in [7, 11) is 3.53. The van der Waals surface area contributed by atoms with Crippen LogP contribution in [0.4, 0.5) is 0 Å². The number of benzene rings is 1. The molecule has 0 saturated carbocycles. The fraction of sp³-hybridized carbons (Fsp3) is 0.375. The van der Waals surface area contributed by atoms with E-state index in [-0.39, 0.29) is 5.91 Å². The van der Waals surface area contributed by atoms with Crippen molar-refractivity contribution in [1.29, 1.82) is 0 Å². The molecule has 1 N–H and O–H groups in total. The summed E-state index contributed by atoms with van der Waals surface area (Å²) in [6.45, 7) is 4.45.